The molecule has 7 nitrogen and oxygen atoms in total. The van der Waals surface area contributed by atoms with Crippen molar-refractivity contribution in [1.82, 2.24) is 9.21 Å². The molecule has 8 heteroatoms. The molecule has 2 heterocycles. The smallest absolute Gasteiger partial charge is 0.257 e. The van der Waals surface area contributed by atoms with E-state index in [1.54, 1.807) is 11.0 Å². The number of nitrogens with zero attached hydrogens (tertiary/aromatic N) is 2. The molecular weight excluding hydrogens is 356 g/mol. The van der Waals surface area contributed by atoms with Crippen molar-refractivity contribution < 1.29 is 22.7 Å². The van der Waals surface area contributed by atoms with Gasteiger partial charge in [-0.25, -0.2) is 8.42 Å². The Labute approximate surface area is 154 Å². The normalized spacial score (nSPS) is 20.2. The van der Waals surface area contributed by atoms with Crippen molar-refractivity contribution in [2.45, 2.75) is 24.7 Å². The Kier molecular flexibility index (Phi) is 5.84. The number of carbonyl (C=O) groups is 1. The molecule has 2 saturated heterocycles. The highest BCUT2D eigenvalue weighted by molar-refractivity contribution is 7.89. The van der Waals surface area contributed by atoms with Gasteiger partial charge in [-0.3, -0.25) is 4.79 Å². The first-order valence-electron chi connectivity index (χ1n) is 8.98. The Bertz CT molecular complexity index is 751. The monoisotopic (exact) mass is 382 g/mol. The van der Waals surface area contributed by atoms with Gasteiger partial charge in [0.1, 0.15) is 5.75 Å². The van der Waals surface area contributed by atoms with E-state index < -0.39 is 10.0 Å². The maximum atomic E-state index is 13.0. The molecule has 0 aliphatic carbocycles. The summed E-state index contributed by atoms with van der Waals surface area (Å²) in [5.41, 5.74) is 0.302. The van der Waals surface area contributed by atoms with Gasteiger partial charge in [0.05, 0.1) is 30.8 Å². The van der Waals surface area contributed by atoms with Gasteiger partial charge in [0.15, 0.2) is 0 Å². The summed E-state index contributed by atoms with van der Waals surface area (Å²) >= 11 is 0. The van der Waals surface area contributed by atoms with Gasteiger partial charge in [-0.15, -0.1) is 0 Å². The summed E-state index contributed by atoms with van der Waals surface area (Å²) in [6.45, 7) is 4.95. The van der Waals surface area contributed by atoms with Gasteiger partial charge in [0.25, 0.3) is 5.91 Å². The minimum absolute atomic E-state index is 0.119. The molecule has 2 aliphatic heterocycles. The molecule has 3 rings (SSSR count). The Morgan fingerprint density at radius 1 is 1.15 bits per heavy atom. The van der Waals surface area contributed by atoms with Crippen molar-refractivity contribution >= 4 is 15.9 Å². The Balaban J connectivity index is 1.90. The molecule has 26 heavy (non-hydrogen) atoms. The molecule has 0 bridgehead atoms. The number of morpholine rings is 1. The topological polar surface area (TPSA) is 76.1 Å². The lowest BCUT2D eigenvalue weighted by Crippen LogP contribution is -2.41. The fourth-order valence-electron chi connectivity index (χ4n) is 3.33. The summed E-state index contributed by atoms with van der Waals surface area (Å²) in [7, 11) is -2.17. The molecule has 0 spiro atoms. The Hall–Kier alpha value is -1.64. The largest absolute Gasteiger partial charge is 0.496 e. The highest BCUT2D eigenvalue weighted by Crippen LogP contribution is 2.27. The van der Waals surface area contributed by atoms with Crippen LogP contribution in [0.1, 0.15) is 30.1 Å². The van der Waals surface area contributed by atoms with Crippen molar-refractivity contribution in [1.29, 1.82) is 0 Å². The number of rotatable bonds is 4. The quantitative estimate of drug-likeness (QED) is 0.790. The number of likely N-dealkylation sites (tertiary alicyclic amines) is 1. The first kappa shape index (κ1) is 19.1. The summed E-state index contributed by atoms with van der Waals surface area (Å²) in [6, 6.07) is 4.51. The zero-order valence-corrected chi connectivity index (χ0v) is 16.1. The summed E-state index contributed by atoms with van der Waals surface area (Å²) in [5, 5.41) is 0. The first-order valence-corrected chi connectivity index (χ1v) is 10.4. The molecule has 144 valence electrons. The number of sulfonamides is 1. The molecule has 2 fully saturated rings. The molecule has 0 atom stereocenters. The van der Waals surface area contributed by atoms with Crippen LogP contribution in [0, 0.1) is 5.92 Å². The Morgan fingerprint density at radius 2 is 1.81 bits per heavy atom. The van der Waals surface area contributed by atoms with Gasteiger partial charge < -0.3 is 14.4 Å². The van der Waals surface area contributed by atoms with Crippen LogP contribution < -0.4 is 4.74 Å². The van der Waals surface area contributed by atoms with E-state index in [4.69, 9.17) is 9.47 Å². The van der Waals surface area contributed by atoms with Gasteiger partial charge in [-0.1, -0.05) is 6.92 Å². The summed E-state index contributed by atoms with van der Waals surface area (Å²) in [6.07, 6.45) is 1.92. The molecule has 1 amide bonds. The van der Waals surface area contributed by atoms with Crippen LogP contribution in [-0.2, 0) is 14.8 Å². The molecule has 0 unspecified atom stereocenters. The molecule has 0 radical (unpaired) electrons. The average molecular weight is 382 g/mol. The lowest BCUT2D eigenvalue weighted by atomic mass is 9.98. The average Bonchev–Trinajstić information content (AvgIpc) is 2.68. The fourth-order valence-corrected chi connectivity index (χ4v) is 4.77. The maximum absolute atomic E-state index is 13.0. The molecule has 1 aromatic carbocycles. The highest BCUT2D eigenvalue weighted by Gasteiger charge is 2.29. The molecule has 0 aromatic heterocycles. The standard InChI is InChI=1S/C18H26N2O5S/c1-14-5-7-19(8-6-14)18(21)16-13-15(3-4-17(16)24-2)26(22,23)20-9-11-25-12-10-20/h3-4,13-14H,5-12H2,1-2H3. The van der Waals surface area contributed by atoms with E-state index in [-0.39, 0.29) is 10.8 Å². The van der Waals surface area contributed by atoms with Crippen molar-refractivity contribution in [2.24, 2.45) is 5.92 Å². The van der Waals surface area contributed by atoms with Gasteiger partial charge in [-0.05, 0) is 37.0 Å². The first-order chi connectivity index (χ1) is 12.4. The summed E-state index contributed by atoms with van der Waals surface area (Å²) < 4.78 is 37.7. The SMILES string of the molecule is COc1ccc(S(=O)(=O)N2CCOCC2)cc1C(=O)N1CCC(C)CC1. The second kappa shape index (κ2) is 7.94. The van der Waals surface area contributed by atoms with Crippen molar-refractivity contribution in [3.8, 4) is 5.75 Å². The summed E-state index contributed by atoms with van der Waals surface area (Å²) in [4.78, 5) is 14.9. The zero-order chi connectivity index (χ0) is 18.7. The second-order valence-electron chi connectivity index (χ2n) is 6.85. The van der Waals surface area contributed by atoms with E-state index in [1.165, 1.54) is 23.5 Å². The number of benzene rings is 1. The number of ether oxygens (including phenoxy) is 2. The van der Waals surface area contributed by atoms with Crippen LogP contribution in [0.25, 0.3) is 0 Å². The third-order valence-electron chi connectivity index (χ3n) is 5.08. The number of hydrogen-bond donors (Lipinski definition) is 0. The fraction of sp³-hybridized carbons (Fsp3) is 0.611. The van der Waals surface area contributed by atoms with Crippen LogP contribution in [0.4, 0.5) is 0 Å². The Morgan fingerprint density at radius 3 is 2.42 bits per heavy atom. The van der Waals surface area contributed by atoms with Crippen LogP contribution in [0.15, 0.2) is 23.1 Å². The molecular formula is C18H26N2O5S. The number of methoxy groups -OCH3 is 1. The van der Waals surface area contributed by atoms with Crippen LogP contribution in [0.3, 0.4) is 0 Å². The summed E-state index contributed by atoms with van der Waals surface area (Å²) in [5.74, 6) is 0.830. The molecule has 0 saturated carbocycles. The lowest BCUT2D eigenvalue weighted by Gasteiger charge is -2.31. The number of piperidine rings is 1. The van der Waals surface area contributed by atoms with E-state index in [0.29, 0.717) is 56.6 Å². The maximum Gasteiger partial charge on any atom is 0.257 e. The van der Waals surface area contributed by atoms with Crippen LogP contribution in [0.2, 0.25) is 0 Å². The minimum atomic E-state index is -3.66. The highest BCUT2D eigenvalue weighted by atomic mass is 32.2. The van der Waals surface area contributed by atoms with Gasteiger partial charge in [0, 0.05) is 26.2 Å². The van der Waals surface area contributed by atoms with Crippen molar-refractivity contribution in [3.05, 3.63) is 23.8 Å². The third kappa shape index (κ3) is 3.87. The number of carbonyl (C=O) groups excluding carboxylic acids is 1. The predicted octanol–water partition coefficient (Wildman–Crippen LogP) is 1.59. The van der Waals surface area contributed by atoms with E-state index in [0.717, 1.165) is 12.8 Å². The minimum Gasteiger partial charge on any atom is -0.496 e. The molecule has 2 aliphatic rings. The number of amides is 1. The van der Waals surface area contributed by atoms with Gasteiger partial charge in [-0.2, -0.15) is 4.31 Å². The third-order valence-corrected chi connectivity index (χ3v) is 6.97. The van der Waals surface area contributed by atoms with Crippen LogP contribution >= 0.6 is 0 Å². The van der Waals surface area contributed by atoms with E-state index in [2.05, 4.69) is 6.92 Å². The van der Waals surface area contributed by atoms with Crippen molar-refractivity contribution in [3.63, 3.8) is 0 Å². The second-order valence-corrected chi connectivity index (χ2v) is 8.79. The molecule has 1 aromatic rings. The van der Waals surface area contributed by atoms with Crippen LogP contribution in [0.5, 0.6) is 5.75 Å². The lowest BCUT2D eigenvalue weighted by molar-refractivity contribution is 0.0693. The van der Waals surface area contributed by atoms with E-state index >= 15 is 0 Å². The zero-order valence-electron chi connectivity index (χ0n) is 15.3. The van der Waals surface area contributed by atoms with E-state index in [9.17, 15) is 13.2 Å². The van der Waals surface area contributed by atoms with Gasteiger partial charge in [0.2, 0.25) is 10.0 Å². The van der Waals surface area contributed by atoms with E-state index in [1.807, 2.05) is 0 Å². The van der Waals surface area contributed by atoms with Gasteiger partial charge >= 0.3 is 0 Å². The predicted molar refractivity (Wildman–Crippen MR) is 96.9 cm³/mol. The molecule has 0 N–H and O–H groups in total. The number of hydrogen-bond acceptors (Lipinski definition) is 5. The van der Waals surface area contributed by atoms with Crippen LogP contribution in [-0.4, -0.2) is 70.0 Å². The van der Waals surface area contributed by atoms with Crippen molar-refractivity contribution in [2.75, 3.05) is 46.5 Å².